The Morgan fingerprint density at radius 1 is 1.37 bits per heavy atom. The van der Waals surface area contributed by atoms with Crippen LogP contribution in [0.1, 0.15) is 33.6 Å². The summed E-state index contributed by atoms with van der Waals surface area (Å²) in [6.45, 7) is 9.05. The number of nitrogens with zero attached hydrogens (tertiary/aromatic N) is 1. The molecule has 0 saturated heterocycles. The maximum atomic E-state index is 12.1. The van der Waals surface area contributed by atoms with Crippen LogP contribution < -0.4 is 0 Å². The lowest BCUT2D eigenvalue weighted by Crippen LogP contribution is -2.35. The number of carbonyl (C=O) groups excluding carboxylic acids is 1. The summed E-state index contributed by atoms with van der Waals surface area (Å²) in [5, 5.41) is 0. The first-order chi connectivity index (χ1) is 8.95. The molecule has 1 aliphatic carbocycles. The predicted octanol–water partition coefficient (Wildman–Crippen LogP) is 3.37. The second kappa shape index (κ2) is 5.87. The van der Waals surface area contributed by atoms with Gasteiger partial charge in [-0.1, -0.05) is 51.2 Å². The summed E-state index contributed by atoms with van der Waals surface area (Å²) in [5.74, 6) is 0.746. The number of ketones is 1. The van der Waals surface area contributed by atoms with E-state index in [9.17, 15) is 4.79 Å². The Morgan fingerprint density at radius 3 is 2.79 bits per heavy atom. The van der Waals surface area contributed by atoms with Crippen molar-refractivity contribution in [1.29, 1.82) is 0 Å². The van der Waals surface area contributed by atoms with Crippen LogP contribution in [0.25, 0.3) is 0 Å². The molecule has 0 amide bonds. The smallest absolute Gasteiger partial charge is 0.138 e. The molecule has 0 radical (unpaired) electrons. The van der Waals surface area contributed by atoms with Crippen LogP contribution in [0.4, 0.5) is 0 Å². The molecule has 2 nitrogen and oxygen atoms in total. The maximum absolute atomic E-state index is 12.1. The average molecular weight is 259 g/mol. The highest BCUT2D eigenvalue weighted by molar-refractivity contribution is 5.84. The van der Waals surface area contributed by atoms with Crippen molar-refractivity contribution in [3.8, 4) is 0 Å². The third kappa shape index (κ3) is 4.17. The molecule has 0 aromatic rings. The van der Waals surface area contributed by atoms with Crippen molar-refractivity contribution >= 4 is 5.78 Å². The largest absolute Gasteiger partial charge is 0.299 e. The fourth-order valence-corrected chi connectivity index (χ4v) is 2.56. The van der Waals surface area contributed by atoms with Crippen LogP contribution in [-0.4, -0.2) is 30.3 Å². The van der Waals surface area contributed by atoms with E-state index in [2.05, 4.69) is 35.3 Å². The molecule has 19 heavy (non-hydrogen) atoms. The maximum Gasteiger partial charge on any atom is 0.138 e. The summed E-state index contributed by atoms with van der Waals surface area (Å²) in [4.78, 5) is 14.5. The molecular formula is C17H25NO. The number of hydrogen-bond donors (Lipinski definition) is 0. The molecule has 1 atom stereocenters. The topological polar surface area (TPSA) is 20.3 Å². The van der Waals surface area contributed by atoms with Gasteiger partial charge in [-0.2, -0.15) is 0 Å². The van der Waals surface area contributed by atoms with E-state index in [0.717, 1.165) is 26.1 Å². The summed E-state index contributed by atoms with van der Waals surface area (Å²) in [6, 6.07) is 0. The van der Waals surface area contributed by atoms with E-state index in [1.807, 2.05) is 20.8 Å². The highest BCUT2D eigenvalue weighted by atomic mass is 16.1. The lowest BCUT2D eigenvalue weighted by atomic mass is 9.84. The fourth-order valence-electron chi connectivity index (χ4n) is 2.56. The van der Waals surface area contributed by atoms with Gasteiger partial charge >= 0.3 is 0 Å². The summed E-state index contributed by atoms with van der Waals surface area (Å²) >= 11 is 0. The quantitative estimate of drug-likeness (QED) is 0.721. The van der Waals surface area contributed by atoms with Crippen molar-refractivity contribution in [2.24, 2.45) is 11.3 Å². The van der Waals surface area contributed by atoms with E-state index in [-0.39, 0.29) is 5.41 Å². The van der Waals surface area contributed by atoms with Crippen LogP contribution in [0.5, 0.6) is 0 Å². The summed E-state index contributed by atoms with van der Waals surface area (Å²) in [6.07, 6.45) is 12.9. The molecular weight excluding hydrogens is 234 g/mol. The molecule has 2 heteroatoms. The van der Waals surface area contributed by atoms with Crippen LogP contribution in [0, 0.1) is 11.3 Å². The average Bonchev–Trinajstić information content (AvgIpc) is 2.81. The molecule has 0 N–H and O–H groups in total. The zero-order chi connectivity index (χ0) is 13.9. The number of rotatable bonds is 4. The number of carbonyl (C=O) groups is 1. The van der Waals surface area contributed by atoms with Gasteiger partial charge < -0.3 is 0 Å². The first-order valence-electron chi connectivity index (χ1n) is 7.23. The third-order valence-electron chi connectivity index (χ3n) is 3.80. The molecule has 2 rings (SSSR count). The molecule has 1 aliphatic heterocycles. The summed E-state index contributed by atoms with van der Waals surface area (Å²) < 4.78 is 0. The van der Waals surface area contributed by atoms with Gasteiger partial charge in [-0.3, -0.25) is 9.69 Å². The van der Waals surface area contributed by atoms with Gasteiger partial charge in [0.05, 0.1) is 0 Å². The van der Waals surface area contributed by atoms with Gasteiger partial charge in [0, 0.05) is 31.5 Å². The van der Waals surface area contributed by atoms with Gasteiger partial charge in [0.15, 0.2) is 0 Å². The van der Waals surface area contributed by atoms with Gasteiger partial charge in [-0.15, -0.1) is 0 Å². The first kappa shape index (κ1) is 14.3. The van der Waals surface area contributed by atoms with Crippen molar-refractivity contribution < 1.29 is 4.79 Å². The van der Waals surface area contributed by atoms with Gasteiger partial charge in [0.2, 0.25) is 0 Å². The molecule has 104 valence electrons. The minimum absolute atomic E-state index is 0.215. The van der Waals surface area contributed by atoms with E-state index in [4.69, 9.17) is 0 Å². The van der Waals surface area contributed by atoms with Crippen LogP contribution >= 0.6 is 0 Å². The lowest BCUT2D eigenvalue weighted by Gasteiger charge is -2.30. The second-order valence-corrected chi connectivity index (χ2v) is 6.68. The summed E-state index contributed by atoms with van der Waals surface area (Å²) in [5.41, 5.74) is 1.20. The molecule has 1 heterocycles. The van der Waals surface area contributed by atoms with Crippen molar-refractivity contribution in [2.75, 3.05) is 19.6 Å². The predicted molar refractivity (Wildman–Crippen MR) is 80.0 cm³/mol. The van der Waals surface area contributed by atoms with Crippen LogP contribution in [0.2, 0.25) is 0 Å². The number of allylic oxidation sites excluding steroid dienone is 2. The van der Waals surface area contributed by atoms with Crippen molar-refractivity contribution in [1.82, 2.24) is 4.90 Å². The molecule has 0 aromatic carbocycles. The second-order valence-electron chi connectivity index (χ2n) is 6.68. The Balaban J connectivity index is 1.87. The Hall–Kier alpha value is -1.15. The fraction of sp³-hybridized carbons (Fsp3) is 0.588. The highest BCUT2D eigenvalue weighted by Crippen LogP contribution is 2.23. The van der Waals surface area contributed by atoms with Crippen molar-refractivity contribution in [3.63, 3.8) is 0 Å². The van der Waals surface area contributed by atoms with E-state index >= 15 is 0 Å². The first-order valence-corrected chi connectivity index (χ1v) is 7.23. The van der Waals surface area contributed by atoms with E-state index in [1.165, 1.54) is 5.57 Å². The zero-order valence-electron chi connectivity index (χ0n) is 12.4. The molecule has 0 bridgehead atoms. The minimum Gasteiger partial charge on any atom is -0.299 e. The van der Waals surface area contributed by atoms with Crippen LogP contribution in [-0.2, 0) is 4.79 Å². The Morgan fingerprint density at radius 2 is 2.16 bits per heavy atom. The SMILES string of the molecule is CC(C)(C)C(=O)CC1C=CCN(CC2=CCC=C2)C1. The molecule has 0 fully saturated rings. The van der Waals surface area contributed by atoms with E-state index < -0.39 is 0 Å². The normalized spacial score (nSPS) is 23.7. The van der Waals surface area contributed by atoms with Crippen LogP contribution in [0.3, 0.4) is 0 Å². The van der Waals surface area contributed by atoms with Crippen molar-refractivity contribution in [2.45, 2.75) is 33.6 Å². The van der Waals surface area contributed by atoms with E-state index in [1.54, 1.807) is 0 Å². The Labute approximate surface area is 116 Å². The van der Waals surface area contributed by atoms with Gasteiger partial charge in [0.1, 0.15) is 5.78 Å². The van der Waals surface area contributed by atoms with Gasteiger partial charge in [0.25, 0.3) is 0 Å². The monoisotopic (exact) mass is 259 g/mol. The molecule has 0 saturated carbocycles. The third-order valence-corrected chi connectivity index (χ3v) is 3.80. The lowest BCUT2D eigenvalue weighted by molar-refractivity contribution is -0.127. The van der Waals surface area contributed by atoms with E-state index in [0.29, 0.717) is 18.1 Å². The minimum atomic E-state index is -0.215. The van der Waals surface area contributed by atoms with Gasteiger partial charge in [-0.25, -0.2) is 0 Å². The van der Waals surface area contributed by atoms with Gasteiger partial charge in [-0.05, 0) is 17.9 Å². The zero-order valence-corrected chi connectivity index (χ0v) is 12.4. The van der Waals surface area contributed by atoms with Crippen molar-refractivity contribution in [3.05, 3.63) is 36.0 Å². The van der Waals surface area contributed by atoms with Crippen LogP contribution in [0.15, 0.2) is 36.0 Å². The Kier molecular flexibility index (Phi) is 4.41. The summed E-state index contributed by atoms with van der Waals surface area (Å²) in [7, 11) is 0. The number of hydrogen-bond acceptors (Lipinski definition) is 2. The highest BCUT2D eigenvalue weighted by Gasteiger charge is 2.25. The number of Topliss-reactive ketones (excluding diaryl/α,β-unsaturated/α-hetero) is 1. The molecule has 1 unspecified atom stereocenters. The standard InChI is InChI=1S/C17H25NO/c1-17(2,3)16(19)11-15-9-6-10-18(13-15)12-14-7-4-5-8-14/h4,6-9,15H,5,10-13H2,1-3H3. The molecule has 2 aliphatic rings. The molecule has 0 spiro atoms. The molecule has 0 aromatic heterocycles. The Bertz CT molecular complexity index is 423.